The number of hydrogen-bond donors (Lipinski definition) is 2. The lowest BCUT2D eigenvalue weighted by atomic mass is 9.91. The molecule has 0 amide bonds. The van der Waals surface area contributed by atoms with Gasteiger partial charge in [-0.05, 0) is 53.8 Å². The van der Waals surface area contributed by atoms with E-state index in [1.165, 1.54) is 31.4 Å². The van der Waals surface area contributed by atoms with Crippen molar-refractivity contribution in [1.29, 1.82) is 0 Å². The summed E-state index contributed by atoms with van der Waals surface area (Å²) in [6.45, 7) is 4.18. The molecule has 4 N–H and O–H groups in total. The maximum absolute atomic E-state index is 13.7. The Hall–Kier alpha value is -5.18. The molecule has 208 valence electrons. The summed E-state index contributed by atoms with van der Waals surface area (Å²) in [5.74, 6) is 0.874. The fourth-order valence-corrected chi connectivity index (χ4v) is 4.94. The highest BCUT2D eigenvalue weighted by Gasteiger charge is 2.26. The summed E-state index contributed by atoms with van der Waals surface area (Å²) in [5.41, 5.74) is 19.1. The standard InChI is InChI=1S/C32H32N6O3/c1-19-9-10-22(13-20(19)2)29-25-8-6-5-7-23(25)18-36-38(29)12-11-27(39)26-15-21(16-28(40-3)30(26)41-4)14-24-17-35-32(34)37-31(24)33/h5-13,15-18,29H,14H2,1-4H3,(H4,33,34,35,37)/b12-11+. The quantitative estimate of drug-likeness (QED) is 0.232. The van der Waals surface area contributed by atoms with E-state index >= 15 is 0 Å². The van der Waals surface area contributed by atoms with Crippen molar-refractivity contribution < 1.29 is 14.3 Å². The number of methoxy groups -OCH3 is 2. The monoisotopic (exact) mass is 548 g/mol. The van der Waals surface area contributed by atoms with Crippen LogP contribution in [-0.2, 0) is 6.42 Å². The highest BCUT2D eigenvalue weighted by atomic mass is 16.5. The summed E-state index contributed by atoms with van der Waals surface area (Å²) in [5, 5.41) is 6.50. The van der Waals surface area contributed by atoms with Gasteiger partial charge in [-0.15, -0.1) is 0 Å². The number of benzene rings is 3. The molecule has 3 aromatic carbocycles. The fourth-order valence-electron chi connectivity index (χ4n) is 4.94. The number of hydrogen-bond acceptors (Lipinski definition) is 9. The van der Waals surface area contributed by atoms with Crippen LogP contribution in [0, 0.1) is 13.8 Å². The van der Waals surface area contributed by atoms with Crippen LogP contribution in [0.1, 0.15) is 55.3 Å². The molecule has 1 atom stereocenters. The van der Waals surface area contributed by atoms with E-state index in [9.17, 15) is 4.79 Å². The molecule has 0 spiro atoms. The molecule has 1 unspecified atom stereocenters. The first-order valence-corrected chi connectivity index (χ1v) is 13.1. The molecular formula is C32H32N6O3. The molecule has 4 aromatic rings. The molecule has 9 heteroatoms. The van der Waals surface area contributed by atoms with E-state index in [4.69, 9.17) is 20.9 Å². The zero-order valence-electron chi connectivity index (χ0n) is 23.5. The first-order valence-electron chi connectivity index (χ1n) is 13.1. The molecule has 41 heavy (non-hydrogen) atoms. The van der Waals surface area contributed by atoms with E-state index in [0.717, 1.165) is 22.3 Å². The van der Waals surface area contributed by atoms with E-state index in [2.05, 4.69) is 53.2 Å². The molecule has 0 radical (unpaired) electrons. The smallest absolute Gasteiger partial charge is 0.221 e. The van der Waals surface area contributed by atoms with Gasteiger partial charge in [-0.3, -0.25) is 9.80 Å². The van der Waals surface area contributed by atoms with Crippen molar-refractivity contribution in [2.75, 3.05) is 25.7 Å². The molecule has 1 aliphatic heterocycles. The number of nitrogen functional groups attached to an aromatic ring is 2. The number of ether oxygens (including phenoxy) is 2. The molecular weight excluding hydrogens is 516 g/mol. The largest absolute Gasteiger partial charge is 0.493 e. The number of anilines is 2. The van der Waals surface area contributed by atoms with Crippen molar-refractivity contribution in [3.05, 3.63) is 118 Å². The maximum Gasteiger partial charge on any atom is 0.221 e. The molecule has 0 aliphatic carbocycles. The average molecular weight is 549 g/mol. The van der Waals surface area contributed by atoms with E-state index < -0.39 is 0 Å². The number of carbonyl (C=O) groups is 1. The number of ketones is 1. The third-order valence-corrected chi connectivity index (χ3v) is 7.23. The van der Waals surface area contributed by atoms with E-state index in [1.807, 2.05) is 29.4 Å². The summed E-state index contributed by atoms with van der Waals surface area (Å²) < 4.78 is 11.2. The number of rotatable bonds is 8. The number of hydrazone groups is 1. The average Bonchev–Trinajstić information content (AvgIpc) is 2.98. The van der Waals surface area contributed by atoms with E-state index in [1.54, 1.807) is 24.5 Å². The predicted octanol–water partition coefficient (Wildman–Crippen LogP) is 5.00. The Morgan fingerprint density at radius 3 is 2.56 bits per heavy atom. The first-order chi connectivity index (χ1) is 19.8. The van der Waals surface area contributed by atoms with Crippen LogP contribution in [0.25, 0.3) is 0 Å². The second-order valence-electron chi connectivity index (χ2n) is 9.87. The molecule has 0 bridgehead atoms. The van der Waals surface area contributed by atoms with Crippen LogP contribution in [0.5, 0.6) is 11.5 Å². The van der Waals surface area contributed by atoms with Gasteiger partial charge in [-0.1, -0.05) is 42.5 Å². The van der Waals surface area contributed by atoms with Crippen LogP contribution in [0.2, 0.25) is 0 Å². The van der Waals surface area contributed by atoms with Crippen molar-refractivity contribution in [1.82, 2.24) is 15.0 Å². The number of aryl methyl sites for hydroxylation is 2. The minimum atomic E-state index is -0.267. The lowest BCUT2D eigenvalue weighted by molar-refractivity contribution is 0.104. The molecule has 0 fully saturated rings. The van der Waals surface area contributed by atoms with Gasteiger partial charge in [0, 0.05) is 36.0 Å². The third-order valence-electron chi connectivity index (χ3n) is 7.23. The van der Waals surface area contributed by atoms with Gasteiger partial charge < -0.3 is 20.9 Å². The molecule has 1 aliphatic rings. The second kappa shape index (κ2) is 11.5. The lowest BCUT2D eigenvalue weighted by Crippen LogP contribution is -2.25. The van der Waals surface area contributed by atoms with Gasteiger partial charge in [0.2, 0.25) is 5.95 Å². The number of nitrogens with two attached hydrogens (primary N) is 2. The number of carbonyl (C=O) groups excluding carboxylic acids is 1. The minimum absolute atomic E-state index is 0.0988. The molecule has 2 heterocycles. The highest BCUT2D eigenvalue weighted by molar-refractivity contribution is 6.07. The Balaban J connectivity index is 1.50. The van der Waals surface area contributed by atoms with Gasteiger partial charge in [0.05, 0.1) is 26.0 Å². The summed E-state index contributed by atoms with van der Waals surface area (Å²) in [7, 11) is 3.03. The normalized spacial score (nSPS) is 14.2. The predicted molar refractivity (Wildman–Crippen MR) is 160 cm³/mol. The van der Waals surface area contributed by atoms with Crippen molar-refractivity contribution in [2.45, 2.75) is 26.3 Å². The molecule has 0 saturated heterocycles. The zero-order valence-corrected chi connectivity index (χ0v) is 23.5. The first kappa shape index (κ1) is 27.4. The zero-order chi connectivity index (χ0) is 29.1. The van der Waals surface area contributed by atoms with E-state index in [-0.39, 0.29) is 23.6 Å². The van der Waals surface area contributed by atoms with Crippen LogP contribution >= 0.6 is 0 Å². The molecule has 5 rings (SSSR count). The van der Waals surface area contributed by atoms with Gasteiger partial charge in [-0.25, -0.2) is 4.98 Å². The SMILES string of the molecule is COc1cc(Cc2cnc(N)nc2N)cc(C(=O)/C=C/N2N=Cc3ccccc3C2c2ccc(C)c(C)c2)c1OC. The summed E-state index contributed by atoms with van der Waals surface area (Å²) >= 11 is 0. The fraction of sp³-hybridized carbons (Fsp3) is 0.188. The highest BCUT2D eigenvalue weighted by Crippen LogP contribution is 2.36. The van der Waals surface area contributed by atoms with Gasteiger partial charge in [0.1, 0.15) is 11.9 Å². The van der Waals surface area contributed by atoms with Crippen molar-refractivity contribution >= 4 is 23.8 Å². The Kier molecular flexibility index (Phi) is 7.69. The van der Waals surface area contributed by atoms with Crippen molar-refractivity contribution in [3.8, 4) is 11.5 Å². The van der Waals surface area contributed by atoms with Crippen molar-refractivity contribution in [3.63, 3.8) is 0 Å². The number of nitrogens with zero attached hydrogens (tertiary/aromatic N) is 4. The van der Waals surface area contributed by atoms with Gasteiger partial charge in [0.15, 0.2) is 17.3 Å². The summed E-state index contributed by atoms with van der Waals surface area (Å²) in [6, 6.07) is 17.9. The second-order valence-corrected chi connectivity index (χ2v) is 9.87. The Bertz CT molecular complexity index is 1680. The Morgan fingerprint density at radius 1 is 1.02 bits per heavy atom. The van der Waals surface area contributed by atoms with E-state index in [0.29, 0.717) is 29.0 Å². The Morgan fingerprint density at radius 2 is 1.83 bits per heavy atom. The van der Waals surface area contributed by atoms with Crippen LogP contribution in [0.3, 0.4) is 0 Å². The van der Waals surface area contributed by atoms with Crippen LogP contribution < -0.4 is 20.9 Å². The third kappa shape index (κ3) is 5.60. The van der Waals surface area contributed by atoms with Crippen LogP contribution in [-0.4, -0.2) is 41.2 Å². The topological polar surface area (TPSA) is 129 Å². The van der Waals surface area contributed by atoms with Gasteiger partial charge in [0.25, 0.3) is 0 Å². The Labute approximate surface area is 239 Å². The molecule has 1 aromatic heterocycles. The number of fused-ring (bicyclic) bond motifs is 1. The number of aromatic nitrogens is 2. The summed E-state index contributed by atoms with van der Waals surface area (Å²) in [6.07, 6.45) is 6.97. The number of allylic oxidation sites excluding steroid dienone is 1. The van der Waals surface area contributed by atoms with Crippen molar-refractivity contribution in [2.24, 2.45) is 5.10 Å². The van der Waals surface area contributed by atoms with Crippen LogP contribution in [0.15, 0.2) is 78.2 Å². The maximum atomic E-state index is 13.7. The summed E-state index contributed by atoms with van der Waals surface area (Å²) in [4.78, 5) is 21.7. The molecule has 9 nitrogen and oxygen atoms in total. The van der Waals surface area contributed by atoms with Gasteiger partial charge in [-0.2, -0.15) is 10.1 Å². The lowest BCUT2D eigenvalue weighted by Gasteiger charge is -2.31. The van der Waals surface area contributed by atoms with Crippen LogP contribution in [0.4, 0.5) is 11.8 Å². The van der Waals surface area contributed by atoms with Gasteiger partial charge >= 0.3 is 0 Å². The molecule has 0 saturated carbocycles. The minimum Gasteiger partial charge on any atom is -0.493 e.